The number of hydrogen-bond donors (Lipinski definition) is 0. The third-order valence-corrected chi connectivity index (χ3v) is 12.7. The Balaban J connectivity index is 1.09. The first-order chi connectivity index (χ1) is 35.7. The fraction of sp³-hybridized carbons (Fsp3) is 0. The van der Waals surface area contributed by atoms with E-state index in [-0.39, 0.29) is 87.8 Å². The average molecular weight is 819 g/mol. The third-order valence-electron chi connectivity index (χ3n) is 11.6. The Morgan fingerprint density at radius 2 is 0.968 bits per heavy atom. The summed E-state index contributed by atoms with van der Waals surface area (Å²) >= 11 is 1.25. The van der Waals surface area contributed by atoms with Crippen molar-refractivity contribution in [1.29, 1.82) is 0 Å². The van der Waals surface area contributed by atoms with Gasteiger partial charge in [-0.05, 0) is 85.8 Å². The molecule has 0 aliphatic carbocycles. The lowest BCUT2D eigenvalue weighted by molar-refractivity contribution is 1.06. The van der Waals surface area contributed by atoms with E-state index in [1.807, 2.05) is 54.6 Å². The van der Waals surface area contributed by atoms with Crippen molar-refractivity contribution in [3.05, 3.63) is 206 Å². The zero-order valence-corrected chi connectivity index (χ0v) is 33.2. The van der Waals surface area contributed by atoms with Gasteiger partial charge in [0.25, 0.3) is 0 Å². The molecule has 5 heteroatoms. The first-order valence-electron chi connectivity index (χ1n) is 25.9. The van der Waals surface area contributed by atoms with Crippen molar-refractivity contribution < 1.29 is 16.4 Å². The largest absolute Gasteiger partial charge is 0.309 e. The Bertz CT molecular complexity index is 4630. The maximum atomic E-state index is 9.24. The average Bonchev–Trinajstić information content (AvgIpc) is 4.05. The molecule has 0 radical (unpaired) electrons. The highest BCUT2D eigenvalue weighted by molar-refractivity contribution is 7.26. The zero-order chi connectivity index (χ0) is 51.2. The number of rotatable bonds is 5. The maximum Gasteiger partial charge on any atom is 0.166 e. The molecule has 0 saturated heterocycles. The number of hydrogen-bond acceptors (Lipinski definition) is 4. The monoisotopic (exact) mass is 818 g/mol. The summed E-state index contributed by atoms with van der Waals surface area (Å²) in [5.41, 5.74) is 3.35. The van der Waals surface area contributed by atoms with Gasteiger partial charge in [0.05, 0.1) is 33.2 Å². The summed E-state index contributed by atoms with van der Waals surface area (Å²) in [6.07, 6.45) is 0. The molecule has 0 bridgehead atoms. The van der Waals surface area contributed by atoms with Gasteiger partial charge in [-0.15, -0.1) is 11.3 Å². The van der Waals surface area contributed by atoms with Crippen LogP contribution in [0, 0.1) is 0 Å². The number of para-hydroxylation sites is 3. The summed E-state index contributed by atoms with van der Waals surface area (Å²) in [5.74, 6) is 0.730. The van der Waals surface area contributed by atoms with Crippen molar-refractivity contribution in [2.24, 2.45) is 0 Å². The number of benzene rings is 10. The van der Waals surface area contributed by atoms with E-state index < -0.39 is 18.1 Å². The standard InChI is InChI=1S/C57H34N4S/c1-2-19-41-39(17-1)40-18-3-4-20-42(40)49-34-37(31-32-43(41)49)56-58-55(36-16-13-15-35(33-36)38-25-14-26-47-46-23-8-12-30-53(46)62-54(38)47)59-57(60-56)48-24-7-11-29-52(48)61-50-27-9-5-21-44(50)45-22-6-10-28-51(45)61/h1-34H/i5D,6D,8D,9D,14D,21D,22D,23D,26D,27D,28D,30D. The van der Waals surface area contributed by atoms with Crippen LogP contribution in [-0.4, -0.2) is 19.5 Å². The van der Waals surface area contributed by atoms with Gasteiger partial charge < -0.3 is 4.57 Å². The molecular weight excluding hydrogens is 773 g/mol. The highest BCUT2D eigenvalue weighted by atomic mass is 32.1. The van der Waals surface area contributed by atoms with E-state index >= 15 is 0 Å². The van der Waals surface area contributed by atoms with Crippen LogP contribution >= 0.6 is 11.3 Å². The summed E-state index contributed by atoms with van der Waals surface area (Å²) < 4.78 is 109. The molecule has 0 aliphatic heterocycles. The molecule has 13 rings (SSSR count). The molecule has 3 heterocycles. The second-order valence-electron chi connectivity index (χ2n) is 15.0. The topological polar surface area (TPSA) is 43.6 Å². The van der Waals surface area contributed by atoms with Gasteiger partial charge in [0, 0.05) is 47.6 Å². The lowest BCUT2D eigenvalue weighted by Gasteiger charge is -2.15. The maximum absolute atomic E-state index is 9.24. The predicted molar refractivity (Wildman–Crippen MR) is 261 cm³/mol. The fourth-order valence-corrected chi connectivity index (χ4v) is 9.94. The van der Waals surface area contributed by atoms with Crippen LogP contribution in [0.1, 0.15) is 16.4 Å². The van der Waals surface area contributed by atoms with Gasteiger partial charge in [-0.1, -0.05) is 164 Å². The summed E-state index contributed by atoms with van der Waals surface area (Å²) in [6.45, 7) is 0. The van der Waals surface area contributed by atoms with Gasteiger partial charge >= 0.3 is 0 Å². The summed E-state index contributed by atoms with van der Waals surface area (Å²) in [5, 5.41) is 7.04. The van der Waals surface area contributed by atoms with Gasteiger partial charge in [0.2, 0.25) is 0 Å². The molecule has 288 valence electrons. The highest BCUT2D eigenvalue weighted by Gasteiger charge is 2.20. The van der Waals surface area contributed by atoms with E-state index in [0.29, 0.717) is 59.5 Å². The molecule has 0 amide bonds. The van der Waals surface area contributed by atoms with Crippen LogP contribution in [0.5, 0.6) is 0 Å². The molecule has 10 aromatic carbocycles. The molecular formula is C57H34N4S. The van der Waals surface area contributed by atoms with Gasteiger partial charge in [-0.2, -0.15) is 0 Å². The van der Waals surface area contributed by atoms with E-state index in [0.717, 1.165) is 32.3 Å². The first kappa shape index (κ1) is 24.9. The number of aromatic nitrogens is 4. The van der Waals surface area contributed by atoms with Crippen LogP contribution in [0.25, 0.3) is 125 Å². The molecule has 0 unspecified atom stereocenters. The van der Waals surface area contributed by atoms with Gasteiger partial charge in [-0.25, -0.2) is 15.0 Å². The molecule has 0 N–H and O–H groups in total. The molecule has 13 aromatic rings. The third kappa shape index (κ3) is 5.35. The van der Waals surface area contributed by atoms with E-state index in [4.69, 9.17) is 28.7 Å². The lowest BCUT2D eigenvalue weighted by Crippen LogP contribution is -2.03. The first-order valence-corrected chi connectivity index (χ1v) is 20.8. The Labute approximate surface area is 377 Å². The van der Waals surface area contributed by atoms with Gasteiger partial charge in [-0.3, -0.25) is 0 Å². The molecule has 4 nitrogen and oxygen atoms in total. The molecule has 62 heavy (non-hydrogen) atoms. The van der Waals surface area contributed by atoms with Crippen LogP contribution in [-0.2, 0) is 0 Å². The highest BCUT2D eigenvalue weighted by Crippen LogP contribution is 2.42. The van der Waals surface area contributed by atoms with Crippen molar-refractivity contribution in [2.45, 2.75) is 0 Å². The van der Waals surface area contributed by atoms with E-state index in [1.54, 1.807) is 34.9 Å². The summed E-state index contributed by atoms with van der Waals surface area (Å²) in [4.78, 5) is 15.6. The Morgan fingerprint density at radius 1 is 0.371 bits per heavy atom. The quantitative estimate of drug-likeness (QED) is 0.163. The molecule has 0 fully saturated rings. The van der Waals surface area contributed by atoms with Gasteiger partial charge in [0.1, 0.15) is 0 Å². The van der Waals surface area contributed by atoms with Crippen molar-refractivity contribution in [2.75, 3.05) is 0 Å². The summed E-state index contributed by atoms with van der Waals surface area (Å²) in [7, 11) is 0. The smallest absolute Gasteiger partial charge is 0.166 e. The van der Waals surface area contributed by atoms with E-state index in [2.05, 4.69) is 36.4 Å². The van der Waals surface area contributed by atoms with Crippen molar-refractivity contribution >= 4 is 85.6 Å². The van der Waals surface area contributed by atoms with Crippen LogP contribution in [0.3, 0.4) is 0 Å². The van der Waals surface area contributed by atoms with Crippen molar-refractivity contribution in [3.8, 4) is 51.0 Å². The van der Waals surface area contributed by atoms with E-state index in [9.17, 15) is 2.74 Å². The van der Waals surface area contributed by atoms with Crippen molar-refractivity contribution in [3.63, 3.8) is 0 Å². The van der Waals surface area contributed by atoms with Crippen LogP contribution < -0.4 is 0 Å². The Kier molecular flexibility index (Phi) is 5.54. The van der Waals surface area contributed by atoms with Crippen LogP contribution in [0.15, 0.2) is 206 Å². The SMILES string of the molecule is [2H]c1cc([2H])c2sc3c(-c4cccc(-c5nc(-c6ccc7c8ccccc8c8ccccc8c7c6)nc(-c6ccccc6-n6c7c([2H])cc([2H])c([2H])c7c7c([2H])c([2H])c([2H])c([2H])c76)n5)c4)cc([2H])c([2H])c3c2c1[2H]. The molecule has 3 aromatic heterocycles. The molecule has 0 aliphatic rings. The number of fused-ring (bicyclic) bond motifs is 12. The minimum atomic E-state index is -0.506. The normalized spacial score (nSPS) is 14.6. The van der Waals surface area contributed by atoms with Crippen molar-refractivity contribution in [1.82, 2.24) is 19.5 Å². The van der Waals surface area contributed by atoms with Crippen LogP contribution in [0.4, 0.5) is 0 Å². The molecule has 0 spiro atoms. The van der Waals surface area contributed by atoms with E-state index in [1.165, 1.54) is 23.5 Å². The minimum absolute atomic E-state index is 0.0122. The molecule has 0 atom stereocenters. The summed E-state index contributed by atoms with van der Waals surface area (Å²) in [6, 6.07) is 38.4. The zero-order valence-electron chi connectivity index (χ0n) is 44.4. The Morgan fingerprint density at radius 3 is 1.77 bits per heavy atom. The number of nitrogens with zero attached hydrogens (tertiary/aromatic N) is 4. The molecule has 0 saturated carbocycles. The Hall–Kier alpha value is -7.99. The minimum Gasteiger partial charge on any atom is -0.309 e. The predicted octanol–water partition coefficient (Wildman–Crippen LogP) is 15.5. The second-order valence-corrected chi connectivity index (χ2v) is 16.0. The van der Waals surface area contributed by atoms with Gasteiger partial charge in [0.15, 0.2) is 17.5 Å². The fourth-order valence-electron chi connectivity index (χ4n) is 8.82. The van der Waals surface area contributed by atoms with Crippen LogP contribution in [0.2, 0.25) is 0 Å². The number of thiophene rings is 1. The lowest BCUT2D eigenvalue weighted by atomic mass is 9.93. The second kappa shape index (κ2) is 13.8.